The predicted octanol–water partition coefficient (Wildman–Crippen LogP) is 2.13. The Bertz CT molecular complexity index is 738. The van der Waals surface area contributed by atoms with E-state index in [0.29, 0.717) is 10.2 Å². The third-order valence-corrected chi connectivity index (χ3v) is 4.92. The summed E-state index contributed by atoms with van der Waals surface area (Å²) < 4.78 is 0.954. The van der Waals surface area contributed by atoms with Gasteiger partial charge in [-0.3, -0.25) is 4.79 Å². The van der Waals surface area contributed by atoms with E-state index in [1.165, 1.54) is 11.3 Å². The first-order chi connectivity index (χ1) is 10.5. The van der Waals surface area contributed by atoms with Gasteiger partial charge in [0.1, 0.15) is 0 Å². The van der Waals surface area contributed by atoms with E-state index in [1.54, 1.807) is 6.08 Å². The lowest BCUT2D eigenvalue weighted by molar-refractivity contribution is -0.313. The molecule has 5 nitrogen and oxygen atoms in total. The van der Waals surface area contributed by atoms with Gasteiger partial charge in [-0.2, -0.15) is 0 Å². The fourth-order valence-electron chi connectivity index (χ4n) is 2.51. The zero-order valence-corrected chi connectivity index (χ0v) is 13.0. The van der Waals surface area contributed by atoms with Crippen LogP contribution in [0.2, 0.25) is 0 Å². The van der Waals surface area contributed by atoms with Gasteiger partial charge < -0.3 is 15.2 Å². The molecule has 1 aromatic carbocycles. The molecule has 2 aromatic rings. The van der Waals surface area contributed by atoms with Crippen LogP contribution < -0.4 is 10.4 Å². The van der Waals surface area contributed by atoms with E-state index in [-0.39, 0.29) is 18.7 Å². The van der Waals surface area contributed by atoms with Gasteiger partial charge in [0.15, 0.2) is 5.13 Å². The third kappa shape index (κ3) is 2.98. The number of hydrogen-bond donors (Lipinski definition) is 1. The van der Waals surface area contributed by atoms with Crippen molar-refractivity contribution in [2.45, 2.75) is 12.8 Å². The highest BCUT2D eigenvalue weighted by molar-refractivity contribution is 7.22. The summed E-state index contributed by atoms with van der Waals surface area (Å²) in [6, 6.07) is 7.52. The Hall–Kier alpha value is -1.92. The van der Waals surface area contributed by atoms with E-state index in [4.69, 9.17) is 11.6 Å². The minimum absolute atomic E-state index is 0.205. The number of carbonyl (C=O) groups is 2. The predicted molar refractivity (Wildman–Crippen MR) is 83.4 cm³/mol. The fraction of sp³-hybridized carbons (Fsp3) is 0.267. The molecule has 3 rings (SSSR count). The van der Waals surface area contributed by atoms with Crippen LogP contribution in [0, 0.1) is 11.8 Å². The minimum atomic E-state index is -1.23. The molecule has 1 aliphatic carbocycles. The molecule has 7 heteroatoms. The Balaban J connectivity index is 1.80. The molecule has 22 heavy (non-hydrogen) atoms. The minimum Gasteiger partial charge on any atom is -0.550 e. The lowest BCUT2D eigenvalue weighted by Gasteiger charge is -2.29. The molecule has 1 aliphatic rings. The highest BCUT2D eigenvalue weighted by atomic mass is 35.5. The quantitative estimate of drug-likeness (QED) is 0.931. The van der Waals surface area contributed by atoms with Gasteiger partial charge in [0.2, 0.25) is 5.91 Å². The molecule has 0 unspecified atom stereocenters. The van der Waals surface area contributed by atoms with Gasteiger partial charge in [0.25, 0.3) is 0 Å². The number of fused-ring (bicyclic) bond motifs is 1. The second-order valence-corrected chi connectivity index (χ2v) is 6.61. The number of aliphatic carboxylic acids is 1. The number of nitrogens with zero attached hydrogens (tertiary/aromatic N) is 1. The summed E-state index contributed by atoms with van der Waals surface area (Å²) in [5.74, 6) is -3.23. The first-order valence-electron chi connectivity index (χ1n) is 6.76. The highest BCUT2D eigenvalue weighted by Gasteiger charge is 2.32. The largest absolute Gasteiger partial charge is 0.550 e. The third-order valence-electron chi connectivity index (χ3n) is 3.66. The summed E-state index contributed by atoms with van der Waals surface area (Å²) in [4.78, 5) is 27.9. The van der Waals surface area contributed by atoms with E-state index in [1.807, 2.05) is 24.3 Å². The topological polar surface area (TPSA) is 82.1 Å². The maximum absolute atomic E-state index is 12.4. The maximum atomic E-state index is 12.4. The SMILES string of the molecule is O=C(Nc1nc2ccccc2s1)[C@H]1CC(Cl)=CC[C@H]1C(=O)[O-]. The van der Waals surface area contributed by atoms with E-state index in [0.717, 1.165) is 10.2 Å². The molecule has 0 spiro atoms. The number of carbonyl (C=O) groups excluding carboxylic acids is 2. The molecular weight excluding hydrogens is 324 g/mol. The summed E-state index contributed by atoms with van der Waals surface area (Å²) in [7, 11) is 0. The van der Waals surface area contributed by atoms with Gasteiger partial charge in [-0.25, -0.2) is 4.98 Å². The molecule has 1 heterocycles. The van der Waals surface area contributed by atoms with Crippen LogP contribution in [-0.2, 0) is 9.59 Å². The summed E-state index contributed by atoms with van der Waals surface area (Å²) in [6.45, 7) is 0. The number of hydrogen-bond acceptors (Lipinski definition) is 5. The molecule has 0 aliphatic heterocycles. The average molecular weight is 336 g/mol. The molecular formula is C15H12ClN2O3S-. The van der Waals surface area contributed by atoms with Crippen molar-refractivity contribution in [1.29, 1.82) is 0 Å². The lowest BCUT2D eigenvalue weighted by Crippen LogP contribution is -2.42. The van der Waals surface area contributed by atoms with Crippen LogP contribution in [0.25, 0.3) is 10.2 Å². The number of amides is 1. The van der Waals surface area contributed by atoms with Crippen molar-refractivity contribution in [3.8, 4) is 0 Å². The molecule has 114 valence electrons. The Kier molecular flexibility index (Phi) is 4.13. The number of anilines is 1. The summed E-state index contributed by atoms with van der Waals surface area (Å²) in [6.07, 6.45) is 2.04. The van der Waals surface area contributed by atoms with Crippen molar-refractivity contribution < 1.29 is 14.7 Å². The van der Waals surface area contributed by atoms with Crippen LogP contribution in [0.3, 0.4) is 0 Å². The lowest BCUT2D eigenvalue weighted by atomic mass is 9.82. The van der Waals surface area contributed by atoms with Crippen molar-refractivity contribution in [2.24, 2.45) is 11.8 Å². The average Bonchev–Trinajstić information content (AvgIpc) is 2.88. The van der Waals surface area contributed by atoms with Gasteiger partial charge in [-0.05, 0) is 25.0 Å². The Morgan fingerprint density at radius 3 is 2.82 bits per heavy atom. The molecule has 1 N–H and O–H groups in total. The van der Waals surface area contributed by atoms with Crippen molar-refractivity contribution >= 4 is 50.2 Å². The number of rotatable bonds is 3. The van der Waals surface area contributed by atoms with E-state index < -0.39 is 17.8 Å². The number of allylic oxidation sites excluding steroid dienone is 2. The second-order valence-electron chi connectivity index (χ2n) is 5.10. The Labute approximate surface area is 135 Å². The van der Waals surface area contributed by atoms with Crippen LogP contribution >= 0.6 is 22.9 Å². The van der Waals surface area contributed by atoms with E-state index in [2.05, 4.69) is 10.3 Å². The van der Waals surface area contributed by atoms with Crippen LogP contribution in [0.5, 0.6) is 0 Å². The normalized spacial score (nSPS) is 21.4. The van der Waals surface area contributed by atoms with Gasteiger partial charge in [0, 0.05) is 16.9 Å². The zero-order valence-electron chi connectivity index (χ0n) is 11.4. The zero-order chi connectivity index (χ0) is 15.7. The van der Waals surface area contributed by atoms with Gasteiger partial charge in [-0.1, -0.05) is 41.1 Å². The van der Waals surface area contributed by atoms with Crippen molar-refractivity contribution in [3.05, 3.63) is 35.4 Å². The molecule has 1 aromatic heterocycles. The molecule has 0 radical (unpaired) electrons. The van der Waals surface area contributed by atoms with Crippen molar-refractivity contribution in [1.82, 2.24) is 4.98 Å². The van der Waals surface area contributed by atoms with Gasteiger partial charge >= 0.3 is 0 Å². The van der Waals surface area contributed by atoms with Gasteiger partial charge in [0.05, 0.1) is 16.1 Å². The van der Waals surface area contributed by atoms with Gasteiger partial charge in [-0.15, -0.1) is 0 Å². The van der Waals surface area contributed by atoms with Crippen LogP contribution in [0.15, 0.2) is 35.4 Å². The Morgan fingerprint density at radius 1 is 1.32 bits per heavy atom. The smallest absolute Gasteiger partial charge is 0.230 e. The maximum Gasteiger partial charge on any atom is 0.230 e. The van der Waals surface area contributed by atoms with E-state index in [9.17, 15) is 14.7 Å². The standard InChI is InChI=1S/C15H13ClN2O3S/c16-8-5-6-9(14(20)21)10(7-8)13(19)18-15-17-11-3-1-2-4-12(11)22-15/h1-5,9-10H,6-7H2,(H,20,21)(H,17,18,19)/p-1/t9-,10+/m1/s1. The Morgan fingerprint density at radius 2 is 2.09 bits per heavy atom. The summed E-state index contributed by atoms with van der Waals surface area (Å²) in [5.41, 5.74) is 0.792. The first-order valence-corrected chi connectivity index (χ1v) is 7.96. The van der Waals surface area contributed by atoms with Crippen molar-refractivity contribution in [2.75, 3.05) is 5.32 Å². The van der Waals surface area contributed by atoms with E-state index >= 15 is 0 Å². The molecule has 0 bridgehead atoms. The highest BCUT2D eigenvalue weighted by Crippen LogP contribution is 2.33. The number of benzene rings is 1. The molecule has 0 fully saturated rings. The monoisotopic (exact) mass is 335 g/mol. The number of halogens is 1. The molecule has 2 atom stereocenters. The van der Waals surface area contributed by atoms with Crippen LogP contribution in [0.1, 0.15) is 12.8 Å². The number of para-hydroxylation sites is 1. The summed E-state index contributed by atoms with van der Waals surface area (Å²) >= 11 is 7.29. The molecule has 0 saturated carbocycles. The van der Waals surface area contributed by atoms with Crippen molar-refractivity contribution in [3.63, 3.8) is 0 Å². The number of carboxylic acid groups (broad SMARTS) is 1. The molecule has 1 amide bonds. The number of nitrogens with one attached hydrogen (secondary N) is 1. The molecule has 0 saturated heterocycles. The van der Waals surface area contributed by atoms with Crippen LogP contribution in [0.4, 0.5) is 5.13 Å². The summed E-state index contributed by atoms with van der Waals surface area (Å²) in [5, 5.41) is 14.8. The number of aromatic nitrogens is 1. The fourth-order valence-corrected chi connectivity index (χ4v) is 3.64. The second kappa shape index (κ2) is 6.06. The number of thiazole rings is 1. The van der Waals surface area contributed by atoms with Crippen LogP contribution in [-0.4, -0.2) is 16.9 Å². The number of carboxylic acids is 1. The first kappa shape index (κ1) is 15.0.